The van der Waals surface area contributed by atoms with E-state index in [1.807, 2.05) is 22.6 Å². The van der Waals surface area contributed by atoms with Crippen molar-refractivity contribution in [2.45, 2.75) is 12.8 Å². The first-order valence-electron chi connectivity index (χ1n) is 6.69. The van der Waals surface area contributed by atoms with Crippen molar-refractivity contribution in [1.82, 2.24) is 9.97 Å². The Hall–Kier alpha value is -1.84. The molecule has 2 aromatic heterocycles. The van der Waals surface area contributed by atoms with Gasteiger partial charge in [-0.05, 0) is 47.7 Å². The molecule has 0 aliphatic carbocycles. The third kappa shape index (κ3) is 4.34. The second-order valence-electron chi connectivity index (χ2n) is 4.40. The van der Waals surface area contributed by atoms with Gasteiger partial charge in [-0.1, -0.05) is 6.07 Å². The molecule has 0 aliphatic heterocycles. The molecule has 0 radical (unpaired) electrons. The summed E-state index contributed by atoms with van der Waals surface area (Å²) in [5.41, 5.74) is -0.380. The molecule has 0 fully saturated rings. The molecule has 122 valence electrons. The molecule has 2 heterocycles. The van der Waals surface area contributed by atoms with Crippen molar-refractivity contribution in [3.05, 3.63) is 51.5 Å². The van der Waals surface area contributed by atoms with E-state index in [1.165, 1.54) is 24.5 Å². The molecule has 2 rings (SSSR count). The fourth-order valence-corrected chi connectivity index (χ4v) is 2.34. The Morgan fingerprint density at radius 1 is 1.26 bits per heavy atom. The number of ether oxygens (including phenoxy) is 2. The molecule has 2 aromatic rings. The van der Waals surface area contributed by atoms with Gasteiger partial charge in [-0.15, -0.1) is 0 Å². The van der Waals surface area contributed by atoms with Gasteiger partial charge in [0.15, 0.2) is 6.61 Å². The van der Waals surface area contributed by atoms with E-state index in [2.05, 4.69) is 9.97 Å². The smallest absolute Gasteiger partial charge is 0.344 e. The van der Waals surface area contributed by atoms with Crippen LogP contribution in [-0.2, 0) is 10.7 Å². The number of carbonyl (C=O) groups is 1. The standard InChI is InChI=1S/C15H13F2IN2O3/c1-2-22-14(21)12-10(18)6-8-20-13(12)23-9-15(16,17)11-5-3-4-7-19-11/h3-8H,2,9H2,1H3. The molecule has 0 saturated carbocycles. The van der Waals surface area contributed by atoms with Gasteiger partial charge < -0.3 is 9.47 Å². The predicted octanol–water partition coefficient (Wildman–Crippen LogP) is 3.43. The number of esters is 1. The van der Waals surface area contributed by atoms with E-state index in [0.717, 1.165) is 0 Å². The predicted molar refractivity (Wildman–Crippen MR) is 86.5 cm³/mol. The topological polar surface area (TPSA) is 61.3 Å². The molecule has 0 bridgehead atoms. The number of hydrogen-bond acceptors (Lipinski definition) is 5. The van der Waals surface area contributed by atoms with Gasteiger partial charge >= 0.3 is 11.9 Å². The van der Waals surface area contributed by atoms with Crippen LogP contribution < -0.4 is 4.74 Å². The summed E-state index contributed by atoms with van der Waals surface area (Å²) in [6, 6.07) is 5.78. The highest BCUT2D eigenvalue weighted by atomic mass is 127. The maximum Gasteiger partial charge on any atom is 0.344 e. The molecule has 0 spiro atoms. The Morgan fingerprint density at radius 2 is 2.04 bits per heavy atom. The van der Waals surface area contributed by atoms with Crippen LogP contribution in [0, 0.1) is 3.57 Å². The number of carbonyl (C=O) groups excluding carboxylic acids is 1. The minimum atomic E-state index is -3.31. The SMILES string of the molecule is CCOC(=O)c1c(I)ccnc1OCC(F)(F)c1ccccn1. The molecule has 8 heteroatoms. The molecular formula is C15H13F2IN2O3. The first kappa shape index (κ1) is 17.5. The lowest BCUT2D eigenvalue weighted by Crippen LogP contribution is -2.25. The normalized spacial score (nSPS) is 11.1. The lowest BCUT2D eigenvalue weighted by Gasteiger charge is -2.17. The molecular weight excluding hydrogens is 421 g/mol. The van der Waals surface area contributed by atoms with Gasteiger partial charge in [0, 0.05) is 16.0 Å². The van der Waals surface area contributed by atoms with Crippen LogP contribution in [0.15, 0.2) is 36.7 Å². The van der Waals surface area contributed by atoms with Gasteiger partial charge in [0.25, 0.3) is 0 Å². The van der Waals surface area contributed by atoms with Crippen LogP contribution >= 0.6 is 22.6 Å². The van der Waals surface area contributed by atoms with Gasteiger partial charge in [0.05, 0.1) is 6.61 Å². The summed E-state index contributed by atoms with van der Waals surface area (Å²) < 4.78 is 38.7. The van der Waals surface area contributed by atoms with E-state index in [-0.39, 0.29) is 18.1 Å². The Morgan fingerprint density at radius 3 is 2.70 bits per heavy atom. The van der Waals surface area contributed by atoms with Gasteiger partial charge in [0.1, 0.15) is 11.3 Å². The van der Waals surface area contributed by atoms with E-state index >= 15 is 0 Å². The van der Waals surface area contributed by atoms with Crippen molar-refractivity contribution in [3.63, 3.8) is 0 Å². The van der Waals surface area contributed by atoms with E-state index in [9.17, 15) is 13.6 Å². The summed E-state index contributed by atoms with van der Waals surface area (Å²) in [7, 11) is 0. The van der Waals surface area contributed by atoms with Crippen molar-refractivity contribution >= 4 is 28.6 Å². The number of halogens is 3. The molecule has 23 heavy (non-hydrogen) atoms. The number of pyridine rings is 2. The Bertz CT molecular complexity index is 684. The molecule has 5 nitrogen and oxygen atoms in total. The highest BCUT2D eigenvalue weighted by Crippen LogP contribution is 2.29. The maximum absolute atomic E-state index is 14.1. The first-order valence-corrected chi connectivity index (χ1v) is 7.77. The van der Waals surface area contributed by atoms with Gasteiger partial charge in [-0.3, -0.25) is 4.98 Å². The van der Waals surface area contributed by atoms with Crippen LogP contribution in [0.5, 0.6) is 5.88 Å². The summed E-state index contributed by atoms with van der Waals surface area (Å²) in [4.78, 5) is 19.4. The number of hydrogen-bond donors (Lipinski definition) is 0. The fourth-order valence-electron chi connectivity index (χ4n) is 1.73. The van der Waals surface area contributed by atoms with E-state index in [1.54, 1.807) is 19.1 Å². The molecule has 0 atom stereocenters. The molecule has 0 aliphatic rings. The van der Waals surface area contributed by atoms with Gasteiger partial charge in [-0.2, -0.15) is 8.78 Å². The van der Waals surface area contributed by atoms with Crippen LogP contribution in [0.1, 0.15) is 23.0 Å². The zero-order valence-corrected chi connectivity index (χ0v) is 14.3. The fraction of sp³-hybridized carbons (Fsp3) is 0.267. The van der Waals surface area contributed by atoms with Crippen LogP contribution in [0.2, 0.25) is 0 Å². The van der Waals surface area contributed by atoms with Gasteiger partial charge in [0.2, 0.25) is 5.88 Å². The third-order valence-corrected chi connectivity index (χ3v) is 3.67. The zero-order chi connectivity index (χ0) is 16.9. The zero-order valence-electron chi connectivity index (χ0n) is 12.1. The summed E-state index contributed by atoms with van der Waals surface area (Å²) in [5, 5.41) is 0. The van der Waals surface area contributed by atoms with Gasteiger partial charge in [-0.25, -0.2) is 9.78 Å². The second kappa shape index (κ2) is 7.62. The van der Waals surface area contributed by atoms with Crippen molar-refractivity contribution in [1.29, 1.82) is 0 Å². The van der Waals surface area contributed by atoms with Crippen LogP contribution in [0.3, 0.4) is 0 Å². The van der Waals surface area contributed by atoms with E-state index in [4.69, 9.17) is 9.47 Å². The van der Waals surface area contributed by atoms with E-state index < -0.39 is 24.2 Å². The van der Waals surface area contributed by atoms with Crippen LogP contribution in [0.25, 0.3) is 0 Å². The van der Waals surface area contributed by atoms with Crippen LogP contribution in [0.4, 0.5) is 8.78 Å². The quantitative estimate of drug-likeness (QED) is 0.515. The number of rotatable bonds is 6. The molecule has 0 amide bonds. The monoisotopic (exact) mass is 434 g/mol. The highest BCUT2D eigenvalue weighted by molar-refractivity contribution is 14.1. The maximum atomic E-state index is 14.1. The average molecular weight is 434 g/mol. The number of alkyl halides is 2. The van der Waals surface area contributed by atoms with Crippen LogP contribution in [-0.4, -0.2) is 29.2 Å². The summed E-state index contributed by atoms with van der Waals surface area (Å²) in [5.74, 6) is -4.16. The summed E-state index contributed by atoms with van der Waals surface area (Å²) in [6.07, 6.45) is 2.65. The number of nitrogens with zero attached hydrogens (tertiary/aromatic N) is 2. The minimum absolute atomic E-state index is 0.0340. The van der Waals surface area contributed by atoms with E-state index in [0.29, 0.717) is 3.57 Å². The Labute approximate surface area is 145 Å². The average Bonchev–Trinajstić information content (AvgIpc) is 2.54. The minimum Gasteiger partial charge on any atom is -0.470 e. The van der Waals surface area contributed by atoms with Crippen molar-refractivity contribution in [3.8, 4) is 5.88 Å². The third-order valence-electron chi connectivity index (χ3n) is 2.77. The molecule has 0 unspecified atom stereocenters. The molecule has 0 saturated heterocycles. The highest BCUT2D eigenvalue weighted by Gasteiger charge is 2.35. The van der Waals surface area contributed by atoms with Crippen molar-refractivity contribution in [2.75, 3.05) is 13.2 Å². The number of aromatic nitrogens is 2. The lowest BCUT2D eigenvalue weighted by atomic mass is 10.2. The molecule has 0 aromatic carbocycles. The Kier molecular flexibility index (Phi) is 5.80. The Balaban J connectivity index is 2.21. The van der Waals surface area contributed by atoms with Crippen molar-refractivity contribution < 1.29 is 23.0 Å². The van der Waals surface area contributed by atoms with Crippen molar-refractivity contribution in [2.24, 2.45) is 0 Å². The first-order chi connectivity index (χ1) is 11.0. The largest absolute Gasteiger partial charge is 0.470 e. The lowest BCUT2D eigenvalue weighted by molar-refractivity contribution is -0.0519. The second-order valence-corrected chi connectivity index (χ2v) is 5.56. The molecule has 0 N–H and O–H groups in total. The summed E-state index contributed by atoms with van der Waals surface area (Å²) in [6.45, 7) is 0.827. The summed E-state index contributed by atoms with van der Waals surface area (Å²) >= 11 is 1.89.